The molecule has 1 aromatic carbocycles. The summed E-state index contributed by atoms with van der Waals surface area (Å²) in [5.41, 5.74) is 1.11. The quantitative estimate of drug-likeness (QED) is 0.694. The topological polar surface area (TPSA) is 57.7 Å². The minimum absolute atomic E-state index is 0.0713. The number of hydrogen-bond donors (Lipinski definition) is 0. The molecule has 0 spiro atoms. The van der Waals surface area contributed by atoms with E-state index in [9.17, 15) is 13.2 Å². The SMILES string of the molecule is O=C(c1ccc(-c2ccc(Br)cc2)s1)N1CCN(C2CCS(=O)(=O)C2)CC1. The summed E-state index contributed by atoms with van der Waals surface area (Å²) in [4.78, 5) is 18.8. The number of halogens is 1. The van der Waals surface area contributed by atoms with Crippen molar-refractivity contribution in [1.82, 2.24) is 9.80 Å². The highest BCUT2D eigenvalue weighted by atomic mass is 79.9. The summed E-state index contributed by atoms with van der Waals surface area (Å²) in [6.07, 6.45) is 0.720. The Hall–Kier alpha value is -1.22. The molecule has 0 saturated carbocycles. The van der Waals surface area contributed by atoms with E-state index >= 15 is 0 Å². The summed E-state index contributed by atoms with van der Waals surface area (Å²) in [6, 6.07) is 12.1. The van der Waals surface area contributed by atoms with E-state index in [1.165, 1.54) is 11.3 Å². The van der Waals surface area contributed by atoms with Gasteiger partial charge < -0.3 is 4.90 Å². The lowest BCUT2D eigenvalue weighted by Gasteiger charge is -2.37. The zero-order valence-electron chi connectivity index (χ0n) is 14.8. The highest BCUT2D eigenvalue weighted by Gasteiger charge is 2.34. The second kappa shape index (κ2) is 7.66. The Balaban J connectivity index is 1.38. The Bertz CT molecular complexity index is 932. The maximum Gasteiger partial charge on any atom is 0.264 e. The largest absolute Gasteiger partial charge is 0.335 e. The first kappa shape index (κ1) is 19.1. The van der Waals surface area contributed by atoms with Crippen molar-refractivity contribution in [1.29, 1.82) is 0 Å². The summed E-state index contributed by atoms with van der Waals surface area (Å²) in [5.74, 6) is 0.634. The highest BCUT2D eigenvalue weighted by Crippen LogP contribution is 2.30. The number of carbonyl (C=O) groups is 1. The Kier molecular flexibility index (Phi) is 5.42. The molecular weight excluding hydrogens is 448 g/mol. The fourth-order valence-electron chi connectivity index (χ4n) is 3.73. The second-order valence-corrected chi connectivity index (χ2v) is 11.3. The first-order valence-corrected chi connectivity index (χ1v) is 12.4. The number of amides is 1. The van der Waals surface area contributed by atoms with Gasteiger partial charge in [0.1, 0.15) is 0 Å². The van der Waals surface area contributed by atoms with Gasteiger partial charge >= 0.3 is 0 Å². The van der Waals surface area contributed by atoms with Crippen molar-refractivity contribution < 1.29 is 13.2 Å². The molecule has 0 aliphatic carbocycles. The zero-order valence-corrected chi connectivity index (χ0v) is 18.0. The summed E-state index contributed by atoms with van der Waals surface area (Å²) in [7, 11) is -2.87. The third kappa shape index (κ3) is 4.29. The van der Waals surface area contributed by atoms with Crippen molar-refractivity contribution >= 4 is 43.0 Å². The lowest BCUT2D eigenvalue weighted by molar-refractivity contribution is 0.0592. The van der Waals surface area contributed by atoms with E-state index in [-0.39, 0.29) is 17.7 Å². The molecule has 1 amide bonds. The Morgan fingerprint density at radius 3 is 2.37 bits per heavy atom. The monoisotopic (exact) mass is 468 g/mol. The molecule has 2 aromatic rings. The van der Waals surface area contributed by atoms with Crippen LogP contribution in [0.3, 0.4) is 0 Å². The van der Waals surface area contributed by atoms with E-state index in [0.717, 1.165) is 39.3 Å². The van der Waals surface area contributed by atoms with E-state index in [4.69, 9.17) is 0 Å². The fourth-order valence-corrected chi connectivity index (χ4v) is 6.74. The van der Waals surface area contributed by atoms with Gasteiger partial charge in [0.15, 0.2) is 9.84 Å². The van der Waals surface area contributed by atoms with E-state index < -0.39 is 9.84 Å². The van der Waals surface area contributed by atoms with Crippen molar-refractivity contribution in [3.05, 3.63) is 45.7 Å². The van der Waals surface area contributed by atoms with Crippen LogP contribution in [0.25, 0.3) is 10.4 Å². The Labute approximate surface area is 172 Å². The maximum absolute atomic E-state index is 12.8. The van der Waals surface area contributed by atoms with E-state index in [1.54, 1.807) is 0 Å². The third-order valence-electron chi connectivity index (χ3n) is 5.27. The molecule has 8 heteroatoms. The average molecular weight is 469 g/mol. The van der Waals surface area contributed by atoms with Crippen molar-refractivity contribution in [3.63, 3.8) is 0 Å². The van der Waals surface area contributed by atoms with Gasteiger partial charge in [0.25, 0.3) is 5.91 Å². The Morgan fingerprint density at radius 1 is 1.04 bits per heavy atom. The van der Waals surface area contributed by atoms with Crippen LogP contribution in [0.4, 0.5) is 0 Å². The molecule has 0 radical (unpaired) electrons. The van der Waals surface area contributed by atoms with Crippen LogP contribution < -0.4 is 0 Å². The molecule has 3 heterocycles. The van der Waals surface area contributed by atoms with Crippen LogP contribution in [0, 0.1) is 0 Å². The molecule has 2 saturated heterocycles. The standard InChI is InChI=1S/C19H21BrN2O3S2/c20-15-3-1-14(2-4-15)17-5-6-18(26-17)19(23)22-10-8-21(9-11-22)16-7-12-27(24,25)13-16/h1-6,16H,7-13H2. The number of benzene rings is 1. The third-order valence-corrected chi connectivity index (χ3v) is 8.67. The van der Waals surface area contributed by atoms with Gasteiger partial charge in [0, 0.05) is 41.6 Å². The van der Waals surface area contributed by atoms with Gasteiger partial charge in [-0.1, -0.05) is 28.1 Å². The number of nitrogens with zero attached hydrogens (tertiary/aromatic N) is 2. The second-order valence-electron chi connectivity index (χ2n) is 7.06. The van der Waals surface area contributed by atoms with Gasteiger partial charge in [-0.05, 0) is 36.2 Å². The molecule has 144 valence electrons. The molecule has 1 unspecified atom stereocenters. The van der Waals surface area contributed by atoms with Crippen molar-refractivity contribution in [3.8, 4) is 10.4 Å². The number of sulfone groups is 1. The molecule has 5 nitrogen and oxygen atoms in total. The van der Waals surface area contributed by atoms with Crippen molar-refractivity contribution in [2.45, 2.75) is 12.5 Å². The number of rotatable bonds is 3. The lowest BCUT2D eigenvalue weighted by Crippen LogP contribution is -2.52. The van der Waals surface area contributed by atoms with Gasteiger partial charge in [0.2, 0.25) is 0 Å². The van der Waals surface area contributed by atoms with E-state index in [1.807, 2.05) is 41.3 Å². The molecule has 4 rings (SSSR count). The molecule has 1 aromatic heterocycles. The van der Waals surface area contributed by atoms with Gasteiger partial charge in [-0.2, -0.15) is 0 Å². The lowest BCUT2D eigenvalue weighted by atomic mass is 10.2. The first-order valence-electron chi connectivity index (χ1n) is 9.01. The number of piperazine rings is 1. The molecule has 2 aliphatic heterocycles. The van der Waals surface area contributed by atoms with Gasteiger partial charge in [-0.25, -0.2) is 8.42 Å². The predicted molar refractivity (Wildman–Crippen MR) is 112 cm³/mol. The van der Waals surface area contributed by atoms with E-state index in [0.29, 0.717) is 18.8 Å². The molecule has 0 N–H and O–H groups in total. The van der Waals surface area contributed by atoms with Gasteiger partial charge in [0.05, 0.1) is 16.4 Å². The smallest absolute Gasteiger partial charge is 0.264 e. The number of hydrogen-bond acceptors (Lipinski definition) is 5. The first-order chi connectivity index (χ1) is 12.9. The minimum atomic E-state index is -2.87. The van der Waals surface area contributed by atoms with Crippen molar-refractivity contribution in [2.75, 3.05) is 37.7 Å². The van der Waals surface area contributed by atoms with E-state index in [2.05, 4.69) is 20.8 Å². The average Bonchev–Trinajstić information content (AvgIpc) is 3.29. The van der Waals surface area contributed by atoms with Crippen LogP contribution in [-0.2, 0) is 9.84 Å². The predicted octanol–water partition coefficient (Wildman–Crippen LogP) is 3.12. The van der Waals surface area contributed by atoms with Crippen molar-refractivity contribution in [2.24, 2.45) is 0 Å². The van der Waals surface area contributed by atoms with Crippen LogP contribution in [0.15, 0.2) is 40.9 Å². The minimum Gasteiger partial charge on any atom is -0.335 e. The van der Waals surface area contributed by atoms with Crippen LogP contribution in [0.5, 0.6) is 0 Å². The summed E-state index contributed by atoms with van der Waals surface area (Å²) >= 11 is 4.96. The zero-order chi connectivity index (χ0) is 19.0. The molecule has 0 bridgehead atoms. The summed E-state index contributed by atoms with van der Waals surface area (Å²) in [6.45, 7) is 2.80. The normalized spacial score (nSPS) is 22.9. The van der Waals surface area contributed by atoms with Crippen LogP contribution in [0.1, 0.15) is 16.1 Å². The molecular formula is C19H21BrN2O3S2. The molecule has 27 heavy (non-hydrogen) atoms. The summed E-state index contributed by atoms with van der Waals surface area (Å²) in [5, 5.41) is 0. The number of carbonyl (C=O) groups excluding carboxylic acids is 1. The molecule has 1 atom stereocenters. The van der Waals surface area contributed by atoms with Gasteiger partial charge in [-0.15, -0.1) is 11.3 Å². The van der Waals surface area contributed by atoms with Crippen LogP contribution in [0.2, 0.25) is 0 Å². The van der Waals surface area contributed by atoms with Crippen LogP contribution in [-0.4, -0.2) is 67.9 Å². The highest BCUT2D eigenvalue weighted by molar-refractivity contribution is 9.10. The number of thiophene rings is 1. The maximum atomic E-state index is 12.8. The fraction of sp³-hybridized carbons (Fsp3) is 0.421. The van der Waals surface area contributed by atoms with Crippen LogP contribution >= 0.6 is 27.3 Å². The van der Waals surface area contributed by atoms with Gasteiger partial charge in [-0.3, -0.25) is 9.69 Å². The molecule has 2 aliphatic rings. The Morgan fingerprint density at radius 2 is 1.74 bits per heavy atom. The summed E-state index contributed by atoms with van der Waals surface area (Å²) < 4.78 is 24.4. The molecule has 2 fully saturated rings.